The Morgan fingerprint density at radius 3 is 2.27 bits per heavy atom. The number of nitrogens with zero attached hydrogens (tertiary/aromatic N) is 2. The minimum absolute atomic E-state index is 0.0268. The molecule has 1 N–H and O–H groups in total. The molecule has 0 radical (unpaired) electrons. The zero-order valence-corrected chi connectivity index (χ0v) is 12.7. The first-order valence-corrected chi connectivity index (χ1v) is 7.60. The lowest BCUT2D eigenvalue weighted by Crippen LogP contribution is -2.51. The van der Waals surface area contributed by atoms with Crippen LogP contribution in [0.3, 0.4) is 0 Å². The van der Waals surface area contributed by atoms with E-state index in [9.17, 15) is 22.8 Å². The first-order valence-electron chi connectivity index (χ1n) is 7.60. The number of halogens is 3. The van der Waals surface area contributed by atoms with Crippen LogP contribution >= 0.6 is 0 Å². The van der Waals surface area contributed by atoms with Gasteiger partial charge in [-0.15, -0.1) is 0 Å². The molecule has 1 atom stereocenters. The Bertz CT molecular complexity index is 434. The van der Waals surface area contributed by atoms with Crippen molar-refractivity contribution >= 4 is 11.8 Å². The van der Waals surface area contributed by atoms with Gasteiger partial charge in [-0.3, -0.25) is 9.59 Å². The number of carbonyl (C=O) groups excluding carboxylic acids is 2. The Kier molecular flexibility index (Phi) is 4.99. The molecular formula is C14H22F3N3O2. The molecule has 22 heavy (non-hydrogen) atoms. The minimum Gasteiger partial charge on any atom is -0.340 e. The van der Waals surface area contributed by atoms with Gasteiger partial charge >= 0.3 is 12.1 Å². The number of rotatable bonds is 1. The van der Waals surface area contributed by atoms with Crippen molar-refractivity contribution in [2.24, 2.45) is 5.41 Å². The molecule has 0 saturated carbocycles. The van der Waals surface area contributed by atoms with Gasteiger partial charge < -0.3 is 15.1 Å². The van der Waals surface area contributed by atoms with E-state index in [1.54, 1.807) is 4.90 Å². The Morgan fingerprint density at radius 2 is 1.68 bits per heavy atom. The van der Waals surface area contributed by atoms with Crippen molar-refractivity contribution in [2.45, 2.75) is 32.4 Å². The third kappa shape index (κ3) is 3.71. The normalized spacial score (nSPS) is 27.5. The number of amides is 2. The highest BCUT2D eigenvalue weighted by molar-refractivity contribution is 5.84. The van der Waals surface area contributed by atoms with Gasteiger partial charge in [0.15, 0.2) is 0 Å². The molecule has 0 unspecified atom stereocenters. The van der Waals surface area contributed by atoms with Crippen LogP contribution in [-0.4, -0.2) is 67.1 Å². The van der Waals surface area contributed by atoms with Crippen molar-refractivity contribution in [3.63, 3.8) is 0 Å². The van der Waals surface area contributed by atoms with E-state index in [1.165, 1.54) is 0 Å². The number of piperidine rings is 1. The first-order chi connectivity index (χ1) is 10.2. The van der Waals surface area contributed by atoms with E-state index in [2.05, 4.69) is 5.32 Å². The van der Waals surface area contributed by atoms with Crippen LogP contribution in [0.1, 0.15) is 26.2 Å². The number of hydrogen-bond donors (Lipinski definition) is 1. The number of nitrogens with one attached hydrogen (secondary N) is 1. The molecule has 0 spiro atoms. The van der Waals surface area contributed by atoms with Gasteiger partial charge in [-0.1, -0.05) is 0 Å². The lowest BCUT2D eigenvalue weighted by Gasteiger charge is -2.37. The number of hydrogen-bond acceptors (Lipinski definition) is 3. The van der Waals surface area contributed by atoms with Crippen molar-refractivity contribution in [3.05, 3.63) is 0 Å². The zero-order valence-electron chi connectivity index (χ0n) is 12.7. The number of alkyl halides is 3. The maximum Gasteiger partial charge on any atom is 0.471 e. The Balaban J connectivity index is 1.98. The summed E-state index contributed by atoms with van der Waals surface area (Å²) in [4.78, 5) is 26.4. The van der Waals surface area contributed by atoms with Gasteiger partial charge in [0.2, 0.25) is 5.91 Å². The summed E-state index contributed by atoms with van der Waals surface area (Å²) in [5, 5.41) is 3.20. The molecule has 5 nitrogen and oxygen atoms in total. The summed E-state index contributed by atoms with van der Waals surface area (Å²) in [5.74, 6) is -1.84. The van der Waals surface area contributed by atoms with Crippen molar-refractivity contribution in [2.75, 3.05) is 39.3 Å². The quantitative estimate of drug-likeness (QED) is 0.784. The summed E-state index contributed by atoms with van der Waals surface area (Å²) in [6.07, 6.45) is -2.79. The topological polar surface area (TPSA) is 52.7 Å². The molecule has 0 aromatic carbocycles. The summed E-state index contributed by atoms with van der Waals surface area (Å²) in [6.45, 7) is 3.91. The van der Waals surface area contributed by atoms with Crippen LogP contribution < -0.4 is 5.32 Å². The lowest BCUT2D eigenvalue weighted by atomic mass is 9.81. The third-order valence-corrected chi connectivity index (χ3v) is 4.43. The maximum absolute atomic E-state index is 12.7. The van der Waals surface area contributed by atoms with Crippen LogP contribution in [0.25, 0.3) is 0 Å². The van der Waals surface area contributed by atoms with E-state index >= 15 is 0 Å². The molecule has 8 heteroatoms. The second-order valence-corrected chi connectivity index (χ2v) is 6.28. The summed E-state index contributed by atoms with van der Waals surface area (Å²) in [6, 6.07) is 0. The van der Waals surface area contributed by atoms with E-state index in [1.807, 2.05) is 6.92 Å². The van der Waals surface area contributed by atoms with Gasteiger partial charge in [-0.05, 0) is 32.7 Å². The van der Waals surface area contributed by atoms with Crippen molar-refractivity contribution in [1.29, 1.82) is 0 Å². The molecule has 2 amide bonds. The predicted octanol–water partition coefficient (Wildman–Crippen LogP) is 0.999. The summed E-state index contributed by atoms with van der Waals surface area (Å²) in [7, 11) is 0. The Labute approximate surface area is 127 Å². The van der Waals surface area contributed by atoms with Gasteiger partial charge in [0.05, 0.1) is 5.41 Å². The predicted molar refractivity (Wildman–Crippen MR) is 74.0 cm³/mol. The van der Waals surface area contributed by atoms with E-state index < -0.39 is 17.5 Å². The largest absolute Gasteiger partial charge is 0.471 e. The first kappa shape index (κ1) is 17.1. The molecule has 2 saturated heterocycles. The molecule has 2 aliphatic heterocycles. The fourth-order valence-corrected chi connectivity index (χ4v) is 3.12. The van der Waals surface area contributed by atoms with Crippen LogP contribution in [0.15, 0.2) is 0 Å². The van der Waals surface area contributed by atoms with Crippen LogP contribution in [0, 0.1) is 5.41 Å². The monoisotopic (exact) mass is 321 g/mol. The van der Waals surface area contributed by atoms with E-state index in [-0.39, 0.29) is 25.5 Å². The Hall–Kier alpha value is -1.31. The summed E-state index contributed by atoms with van der Waals surface area (Å²) < 4.78 is 37.5. The molecule has 2 fully saturated rings. The van der Waals surface area contributed by atoms with E-state index in [0.29, 0.717) is 19.5 Å². The highest BCUT2D eigenvalue weighted by Gasteiger charge is 2.43. The molecule has 0 aromatic heterocycles. The molecule has 0 bridgehead atoms. The van der Waals surface area contributed by atoms with E-state index in [4.69, 9.17) is 0 Å². The highest BCUT2D eigenvalue weighted by Crippen LogP contribution is 2.28. The average Bonchev–Trinajstić information content (AvgIpc) is 2.71. The lowest BCUT2D eigenvalue weighted by molar-refractivity contribution is -0.185. The van der Waals surface area contributed by atoms with Gasteiger partial charge in [0.1, 0.15) is 0 Å². The third-order valence-electron chi connectivity index (χ3n) is 4.43. The SMILES string of the molecule is C[C@]1(C(=O)N2CCCN(C(=O)C(F)(F)F)CC2)CCCNC1. The fraction of sp³-hybridized carbons (Fsp3) is 0.857. The van der Waals surface area contributed by atoms with Gasteiger partial charge in [-0.25, -0.2) is 0 Å². The second-order valence-electron chi connectivity index (χ2n) is 6.28. The van der Waals surface area contributed by atoms with Gasteiger partial charge in [0, 0.05) is 32.7 Å². The fourth-order valence-electron chi connectivity index (χ4n) is 3.12. The van der Waals surface area contributed by atoms with Crippen molar-refractivity contribution in [1.82, 2.24) is 15.1 Å². The molecule has 2 heterocycles. The molecular weight excluding hydrogens is 299 g/mol. The van der Waals surface area contributed by atoms with Crippen molar-refractivity contribution in [3.8, 4) is 0 Å². The summed E-state index contributed by atoms with van der Waals surface area (Å²) >= 11 is 0. The molecule has 2 aliphatic rings. The standard InChI is InChI=1S/C14H22F3N3O2/c1-13(4-2-5-18-10-13)11(21)19-6-3-7-20(9-8-19)12(22)14(15,16)17/h18H,2-10H2,1H3/t13-/m0/s1. The molecule has 2 rings (SSSR count). The smallest absolute Gasteiger partial charge is 0.340 e. The average molecular weight is 321 g/mol. The molecule has 0 aromatic rings. The van der Waals surface area contributed by atoms with Gasteiger partial charge in [0.25, 0.3) is 0 Å². The van der Waals surface area contributed by atoms with Crippen molar-refractivity contribution < 1.29 is 22.8 Å². The molecule has 126 valence electrons. The van der Waals surface area contributed by atoms with Gasteiger partial charge in [-0.2, -0.15) is 13.2 Å². The van der Waals surface area contributed by atoms with Crippen LogP contribution in [0.5, 0.6) is 0 Å². The van der Waals surface area contributed by atoms with Crippen LogP contribution in [0.4, 0.5) is 13.2 Å². The maximum atomic E-state index is 12.7. The van der Waals surface area contributed by atoms with Crippen LogP contribution in [-0.2, 0) is 9.59 Å². The van der Waals surface area contributed by atoms with Crippen LogP contribution in [0.2, 0.25) is 0 Å². The summed E-state index contributed by atoms with van der Waals surface area (Å²) in [5.41, 5.74) is -0.499. The Morgan fingerprint density at radius 1 is 1.05 bits per heavy atom. The number of carbonyl (C=O) groups is 2. The zero-order chi connectivity index (χ0) is 16.4. The minimum atomic E-state index is -4.85. The highest BCUT2D eigenvalue weighted by atomic mass is 19.4. The van der Waals surface area contributed by atoms with E-state index in [0.717, 1.165) is 24.3 Å². The molecule has 0 aliphatic carbocycles. The second kappa shape index (κ2) is 6.44.